The van der Waals surface area contributed by atoms with E-state index in [2.05, 4.69) is 10.7 Å². The van der Waals surface area contributed by atoms with Gasteiger partial charge in [-0.15, -0.1) is 0 Å². The third kappa shape index (κ3) is 4.54. The van der Waals surface area contributed by atoms with E-state index >= 15 is 0 Å². The van der Waals surface area contributed by atoms with E-state index in [-0.39, 0.29) is 18.1 Å². The van der Waals surface area contributed by atoms with Gasteiger partial charge in [0.25, 0.3) is 0 Å². The van der Waals surface area contributed by atoms with Gasteiger partial charge >= 0.3 is 0 Å². The molecule has 0 radical (unpaired) electrons. The maximum absolute atomic E-state index is 11.5. The van der Waals surface area contributed by atoms with E-state index in [9.17, 15) is 4.79 Å². The van der Waals surface area contributed by atoms with Crippen LogP contribution in [-0.2, 0) is 9.53 Å². The lowest BCUT2D eigenvalue weighted by Crippen LogP contribution is -2.37. The summed E-state index contributed by atoms with van der Waals surface area (Å²) in [6, 6.07) is 0. The topological polar surface area (TPSA) is 100 Å². The minimum atomic E-state index is -0.0671. The number of hydrogen-bond donors (Lipinski definition) is 4. The summed E-state index contributed by atoms with van der Waals surface area (Å²) in [6.45, 7) is 0.810. The van der Waals surface area contributed by atoms with Gasteiger partial charge in [-0.3, -0.25) is 10.2 Å². The SMILES string of the molecule is N=C/C(=C\NC1CCCCO1)[C@H]1CC[C@H](C(=O)NN)CC1. The molecule has 1 saturated heterocycles. The van der Waals surface area contributed by atoms with Crippen molar-refractivity contribution >= 4 is 12.1 Å². The summed E-state index contributed by atoms with van der Waals surface area (Å²) in [5.74, 6) is 5.48. The van der Waals surface area contributed by atoms with Crippen LogP contribution in [0.15, 0.2) is 11.8 Å². The summed E-state index contributed by atoms with van der Waals surface area (Å²) >= 11 is 0. The van der Waals surface area contributed by atoms with E-state index in [1.54, 1.807) is 0 Å². The van der Waals surface area contributed by atoms with Crippen LogP contribution >= 0.6 is 0 Å². The Labute approximate surface area is 126 Å². The summed E-state index contributed by atoms with van der Waals surface area (Å²) < 4.78 is 5.63. The summed E-state index contributed by atoms with van der Waals surface area (Å²) in [4.78, 5) is 11.5. The van der Waals surface area contributed by atoms with Crippen molar-refractivity contribution < 1.29 is 9.53 Å². The monoisotopic (exact) mass is 294 g/mol. The van der Waals surface area contributed by atoms with Gasteiger partial charge in [-0.05, 0) is 56.4 Å². The number of allylic oxidation sites excluding steroid dienone is 1. The van der Waals surface area contributed by atoms with Gasteiger partial charge in [0.2, 0.25) is 5.91 Å². The average Bonchev–Trinajstić information content (AvgIpc) is 2.56. The quantitative estimate of drug-likeness (QED) is 0.267. The van der Waals surface area contributed by atoms with Crippen molar-refractivity contribution in [3.05, 3.63) is 11.8 Å². The van der Waals surface area contributed by atoms with E-state index in [4.69, 9.17) is 16.0 Å². The van der Waals surface area contributed by atoms with Gasteiger partial charge < -0.3 is 15.5 Å². The highest BCUT2D eigenvalue weighted by molar-refractivity contribution is 5.78. The predicted octanol–water partition coefficient (Wildman–Crippen LogP) is 1.43. The Morgan fingerprint density at radius 1 is 1.14 bits per heavy atom. The van der Waals surface area contributed by atoms with Crippen LogP contribution in [0, 0.1) is 17.2 Å². The molecule has 6 heteroatoms. The molecular weight excluding hydrogens is 268 g/mol. The van der Waals surface area contributed by atoms with Crippen LogP contribution in [0.4, 0.5) is 0 Å². The second kappa shape index (κ2) is 8.14. The molecule has 2 rings (SSSR count). The normalized spacial score (nSPS) is 30.5. The molecule has 1 aliphatic heterocycles. The first kappa shape index (κ1) is 16.0. The zero-order chi connectivity index (χ0) is 15.1. The lowest BCUT2D eigenvalue weighted by Gasteiger charge is -2.28. The Bertz CT molecular complexity index is 383. The number of nitrogens with two attached hydrogens (primary N) is 1. The third-order valence-electron chi connectivity index (χ3n) is 4.49. The Balaban J connectivity index is 1.84. The highest BCUT2D eigenvalue weighted by Crippen LogP contribution is 2.32. The predicted molar refractivity (Wildman–Crippen MR) is 81.4 cm³/mol. The Hall–Kier alpha value is -1.40. The molecule has 2 aliphatic rings. The van der Waals surface area contributed by atoms with Gasteiger partial charge in [0.1, 0.15) is 6.23 Å². The summed E-state index contributed by atoms with van der Waals surface area (Å²) in [5.41, 5.74) is 3.23. The first-order valence-corrected chi connectivity index (χ1v) is 7.83. The molecule has 0 aromatic carbocycles. The van der Waals surface area contributed by atoms with Crippen LogP contribution in [-0.4, -0.2) is 25.0 Å². The second-order valence-corrected chi connectivity index (χ2v) is 5.87. The number of nitrogens with one attached hydrogen (secondary N) is 3. The minimum Gasteiger partial charge on any atom is -0.366 e. The van der Waals surface area contributed by atoms with Crippen molar-refractivity contribution in [1.29, 1.82) is 5.41 Å². The lowest BCUT2D eigenvalue weighted by molar-refractivity contribution is -0.126. The first-order chi connectivity index (χ1) is 10.2. The minimum absolute atomic E-state index is 0.0212. The van der Waals surface area contributed by atoms with Gasteiger partial charge in [0.05, 0.1) is 0 Å². The van der Waals surface area contributed by atoms with Crippen LogP contribution < -0.4 is 16.6 Å². The molecule has 1 saturated carbocycles. The van der Waals surface area contributed by atoms with E-state index in [0.29, 0.717) is 5.92 Å². The number of hydrogen-bond acceptors (Lipinski definition) is 5. The fourth-order valence-corrected chi connectivity index (χ4v) is 3.15. The molecule has 6 nitrogen and oxygen atoms in total. The van der Waals surface area contributed by atoms with E-state index in [1.807, 2.05) is 6.20 Å². The molecule has 5 N–H and O–H groups in total. The van der Waals surface area contributed by atoms with Gasteiger partial charge in [-0.25, -0.2) is 5.84 Å². The van der Waals surface area contributed by atoms with E-state index in [1.165, 1.54) is 12.6 Å². The zero-order valence-corrected chi connectivity index (χ0v) is 12.4. The number of hydrazine groups is 1. The molecule has 21 heavy (non-hydrogen) atoms. The van der Waals surface area contributed by atoms with Crippen molar-refractivity contribution in [3.8, 4) is 0 Å². The van der Waals surface area contributed by atoms with Crippen molar-refractivity contribution in [2.75, 3.05) is 6.61 Å². The van der Waals surface area contributed by atoms with Gasteiger partial charge in [0, 0.05) is 24.9 Å². The number of amides is 1. The summed E-state index contributed by atoms with van der Waals surface area (Å²) in [7, 11) is 0. The standard InChI is InChI=1S/C15H26N4O2/c16-9-13(10-18-14-3-1-2-8-21-14)11-4-6-12(7-5-11)15(20)19-17/h9-12,14,16,18H,1-8,17H2,(H,19,20)/b13-10+,16-9?/t11-,12-,14?. The van der Waals surface area contributed by atoms with Crippen LogP contribution in [0.25, 0.3) is 0 Å². The molecular formula is C15H26N4O2. The zero-order valence-electron chi connectivity index (χ0n) is 12.4. The highest BCUT2D eigenvalue weighted by Gasteiger charge is 2.27. The summed E-state index contributed by atoms with van der Waals surface area (Å²) in [6.07, 6.45) is 10.3. The fraction of sp³-hybridized carbons (Fsp3) is 0.733. The molecule has 1 unspecified atom stereocenters. The Morgan fingerprint density at radius 3 is 2.43 bits per heavy atom. The van der Waals surface area contributed by atoms with Crippen molar-refractivity contribution in [2.24, 2.45) is 17.7 Å². The van der Waals surface area contributed by atoms with Crippen LogP contribution in [0.1, 0.15) is 44.9 Å². The number of ether oxygens (including phenoxy) is 1. The number of rotatable bonds is 5. The second-order valence-electron chi connectivity index (χ2n) is 5.87. The van der Waals surface area contributed by atoms with E-state index < -0.39 is 0 Å². The maximum Gasteiger partial charge on any atom is 0.236 e. The largest absolute Gasteiger partial charge is 0.366 e. The van der Waals surface area contributed by atoms with Crippen molar-refractivity contribution in [3.63, 3.8) is 0 Å². The molecule has 1 aliphatic carbocycles. The van der Waals surface area contributed by atoms with E-state index in [0.717, 1.165) is 50.7 Å². The molecule has 2 fully saturated rings. The molecule has 118 valence electrons. The number of carbonyl (C=O) groups excluding carboxylic acids is 1. The van der Waals surface area contributed by atoms with Crippen LogP contribution in [0.3, 0.4) is 0 Å². The fourth-order valence-electron chi connectivity index (χ4n) is 3.15. The van der Waals surface area contributed by atoms with Crippen molar-refractivity contribution in [2.45, 2.75) is 51.2 Å². The number of carbonyl (C=O) groups is 1. The van der Waals surface area contributed by atoms with Crippen molar-refractivity contribution in [1.82, 2.24) is 10.7 Å². The summed E-state index contributed by atoms with van der Waals surface area (Å²) in [5, 5.41) is 10.9. The molecule has 0 aromatic rings. The highest BCUT2D eigenvalue weighted by atomic mass is 16.5. The molecule has 0 spiro atoms. The lowest BCUT2D eigenvalue weighted by atomic mass is 9.78. The molecule has 0 bridgehead atoms. The molecule has 1 amide bonds. The molecule has 1 atom stereocenters. The van der Waals surface area contributed by atoms with Crippen LogP contribution in [0.5, 0.6) is 0 Å². The van der Waals surface area contributed by atoms with Gasteiger partial charge in [0.15, 0.2) is 0 Å². The first-order valence-electron chi connectivity index (χ1n) is 7.83. The van der Waals surface area contributed by atoms with Gasteiger partial charge in [-0.1, -0.05) is 0 Å². The Kier molecular flexibility index (Phi) is 6.20. The average molecular weight is 294 g/mol. The maximum atomic E-state index is 11.5. The van der Waals surface area contributed by atoms with Crippen LogP contribution in [0.2, 0.25) is 0 Å². The molecule has 1 heterocycles. The smallest absolute Gasteiger partial charge is 0.236 e. The van der Waals surface area contributed by atoms with Gasteiger partial charge in [-0.2, -0.15) is 0 Å². The molecule has 0 aromatic heterocycles. The third-order valence-corrected chi connectivity index (χ3v) is 4.49. The Morgan fingerprint density at radius 2 is 1.86 bits per heavy atom.